The van der Waals surface area contributed by atoms with Crippen LogP contribution in [0.25, 0.3) is 0 Å². The van der Waals surface area contributed by atoms with Crippen molar-refractivity contribution in [1.29, 1.82) is 0 Å². The highest BCUT2D eigenvalue weighted by atomic mass is 16.4. The summed E-state index contributed by atoms with van der Waals surface area (Å²) in [7, 11) is 0. The van der Waals surface area contributed by atoms with Gasteiger partial charge in [0, 0.05) is 26.2 Å². The fourth-order valence-corrected chi connectivity index (χ4v) is 4.26. The second kappa shape index (κ2) is 10.7. The van der Waals surface area contributed by atoms with Crippen molar-refractivity contribution in [3.63, 3.8) is 0 Å². The van der Waals surface area contributed by atoms with E-state index in [0.717, 1.165) is 38.0 Å². The molecule has 2 aliphatic heterocycles. The number of carbonyl (C=O) groups excluding carboxylic acids is 1. The van der Waals surface area contributed by atoms with E-state index in [1.54, 1.807) is 24.3 Å². The topological polar surface area (TPSA) is 96.9 Å². The number of carbonyl (C=O) groups is 2. The van der Waals surface area contributed by atoms with Crippen molar-refractivity contribution in [3.8, 4) is 0 Å². The lowest BCUT2D eigenvalue weighted by Crippen LogP contribution is -2.46. The summed E-state index contributed by atoms with van der Waals surface area (Å²) in [5, 5.41) is 14.0. The van der Waals surface area contributed by atoms with E-state index >= 15 is 0 Å². The molecular weight excluding hydrogens is 406 g/mol. The van der Waals surface area contributed by atoms with Crippen molar-refractivity contribution >= 4 is 11.9 Å². The number of hydrogen-bond donors (Lipinski definition) is 4. The molecule has 0 radical (unpaired) electrons. The van der Waals surface area contributed by atoms with Crippen molar-refractivity contribution in [2.75, 3.05) is 26.2 Å². The summed E-state index contributed by atoms with van der Waals surface area (Å²) < 4.78 is 0. The molecule has 170 valence electrons. The van der Waals surface area contributed by atoms with Gasteiger partial charge in [0.15, 0.2) is 0 Å². The summed E-state index contributed by atoms with van der Waals surface area (Å²) in [5.74, 6) is -0.409. The molecule has 4 N–H and O–H groups in total. The SMILES string of the molecule is O=C(O)c1ccc(CN2CC(C(=O)NCC3CCN(Cc4ccccc4)CC3)NN2)cc1. The maximum Gasteiger partial charge on any atom is 0.335 e. The van der Waals surface area contributed by atoms with Crippen LogP contribution in [0.2, 0.25) is 0 Å². The molecule has 1 unspecified atom stereocenters. The van der Waals surface area contributed by atoms with Gasteiger partial charge in [-0.3, -0.25) is 9.69 Å². The minimum atomic E-state index is -0.934. The number of hydrazine groups is 2. The van der Waals surface area contributed by atoms with E-state index in [4.69, 9.17) is 5.11 Å². The fraction of sp³-hybridized carbons (Fsp3) is 0.417. The number of carboxylic acid groups (broad SMARTS) is 1. The van der Waals surface area contributed by atoms with Gasteiger partial charge >= 0.3 is 5.97 Å². The number of hydrogen-bond acceptors (Lipinski definition) is 6. The Bertz CT molecular complexity index is 898. The van der Waals surface area contributed by atoms with E-state index in [2.05, 4.69) is 45.4 Å². The van der Waals surface area contributed by atoms with Gasteiger partial charge in [-0.2, -0.15) is 5.53 Å². The lowest BCUT2D eigenvalue weighted by Gasteiger charge is -2.32. The maximum atomic E-state index is 12.6. The Labute approximate surface area is 188 Å². The zero-order valence-corrected chi connectivity index (χ0v) is 18.2. The van der Waals surface area contributed by atoms with Gasteiger partial charge in [0.2, 0.25) is 5.91 Å². The van der Waals surface area contributed by atoms with E-state index in [1.165, 1.54) is 5.56 Å². The van der Waals surface area contributed by atoms with Crippen LogP contribution in [0, 0.1) is 5.92 Å². The second-order valence-corrected chi connectivity index (χ2v) is 8.64. The quantitative estimate of drug-likeness (QED) is 0.498. The molecule has 0 spiro atoms. The molecule has 2 heterocycles. The Hall–Kier alpha value is -2.78. The number of nitrogens with one attached hydrogen (secondary N) is 3. The Morgan fingerprint density at radius 3 is 2.34 bits per heavy atom. The van der Waals surface area contributed by atoms with Gasteiger partial charge in [0.1, 0.15) is 6.04 Å². The highest BCUT2D eigenvalue weighted by Crippen LogP contribution is 2.18. The molecule has 2 fully saturated rings. The monoisotopic (exact) mass is 437 g/mol. The van der Waals surface area contributed by atoms with Crippen molar-refractivity contribution in [2.24, 2.45) is 5.92 Å². The average molecular weight is 438 g/mol. The first-order valence-electron chi connectivity index (χ1n) is 11.2. The molecule has 1 atom stereocenters. The molecule has 2 aromatic rings. The predicted octanol–water partition coefficient (Wildman–Crippen LogP) is 1.61. The first-order chi connectivity index (χ1) is 15.6. The third kappa shape index (κ3) is 6.14. The Kier molecular flexibility index (Phi) is 7.49. The number of amides is 1. The van der Waals surface area contributed by atoms with E-state index in [1.807, 2.05) is 11.1 Å². The van der Waals surface area contributed by atoms with Gasteiger partial charge < -0.3 is 10.4 Å². The molecule has 0 saturated carbocycles. The Balaban J connectivity index is 1.15. The number of carboxylic acids is 1. The summed E-state index contributed by atoms with van der Waals surface area (Å²) in [5.41, 5.74) is 8.68. The Morgan fingerprint density at radius 2 is 1.66 bits per heavy atom. The Morgan fingerprint density at radius 1 is 0.969 bits per heavy atom. The van der Waals surface area contributed by atoms with Gasteiger partial charge in [-0.1, -0.05) is 42.5 Å². The van der Waals surface area contributed by atoms with Gasteiger partial charge in [-0.15, -0.1) is 0 Å². The molecule has 2 saturated heterocycles. The zero-order chi connectivity index (χ0) is 22.3. The molecule has 2 aliphatic rings. The van der Waals surface area contributed by atoms with Crippen LogP contribution in [0.5, 0.6) is 0 Å². The largest absolute Gasteiger partial charge is 0.478 e. The van der Waals surface area contributed by atoms with Gasteiger partial charge in [0.05, 0.1) is 5.56 Å². The van der Waals surface area contributed by atoms with Crippen molar-refractivity contribution < 1.29 is 14.7 Å². The van der Waals surface area contributed by atoms with E-state index < -0.39 is 5.97 Å². The standard InChI is InChI=1S/C24H31N5O3/c30-23(22-17-29(27-26-22)16-20-6-8-21(9-7-20)24(31)32)25-14-18-10-12-28(13-11-18)15-19-4-2-1-3-5-19/h1-9,18,22,26-27H,10-17H2,(H,25,30)(H,31,32). The lowest BCUT2D eigenvalue weighted by molar-refractivity contribution is -0.122. The van der Waals surface area contributed by atoms with Crippen molar-refractivity contribution in [1.82, 2.24) is 26.2 Å². The zero-order valence-electron chi connectivity index (χ0n) is 18.2. The summed E-state index contributed by atoms with van der Waals surface area (Å²) in [4.78, 5) is 26.0. The third-order valence-electron chi connectivity index (χ3n) is 6.21. The molecule has 32 heavy (non-hydrogen) atoms. The van der Waals surface area contributed by atoms with Crippen molar-refractivity contribution in [2.45, 2.75) is 32.0 Å². The average Bonchev–Trinajstić information content (AvgIpc) is 3.28. The van der Waals surface area contributed by atoms with E-state index in [0.29, 0.717) is 25.6 Å². The van der Waals surface area contributed by atoms with Crippen LogP contribution in [0.15, 0.2) is 54.6 Å². The smallest absolute Gasteiger partial charge is 0.335 e. The van der Waals surface area contributed by atoms with Crippen molar-refractivity contribution in [3.05, 3.63) is 71.3 Å². The molecule has 4 rings (SSSR count). The number of benzene rings is 2. The normalized spacial score (nSPS) is 20.3. The molecular formula is C24H31N5O3. The first kappa shape index (κ1) is 22.4. The molecule has 0 bridgehead atoms. The number of nitrogens with zero attached hydrogens (tertiary/aromatic N) is 2. The van der Waals surface area contributed by atoms with Crippen LogP contribution >= 0.6 is 0 Å². The molecule has 8 heteroatoms. The summed E-state index contributed by atoms with van der Waals surface area (Å²) in [6.45, 7) is 4.96. The van der Waals surface area contributed by atoms with Gasteiger partial charge in [-0.05, 0) is 55.1 Å². The van der Waals surface area contributed by atoms with Gasteiger partial charge in [0.25, 0.3) is 0 Å². The number of piperidine rings is 1. The second-order valence-electron chi connectivity index (χ2n) is 8.64. The van der Waals surface area contributed by atoms with Crippen LogP contribution in [-0.2, 0) is 17.9 Å². The van der Waals surface area contributed by atoms with E-state index in [9.17, 15) is 9.59 Å². The number of aromatic carboxylic acids is 1. The minimum Gasteiger partial charge on any atom is -0.478 e. The highest BCUT2D eigenvalue weighted by molar-refractivity contribution is 5.87. The van der Waals surface area contributed by atoms with Crippen LogP contribution in [-0.4, -0.2) is 59.1 Å². The van der Waals surface area contributed by atoms with Crippen LogP contribution < -0.4 is 16.3 Å². The molecule has 0 aliphatic carbocycles. The summed E-state index contributed by atoms with van der Waals surface area (Å²) in [6, 6.07) is 17.0. The molecule has 8 nitrogen and oxygen atoms in total. The third-order valence-corrected chi connectivity index (χ3v) is 6.21. The minimum absolute atomic E-state index is 0.00735. The maximum absolute atomic E-state index is 12.6. The van der Waals surface area contributed by atoms with Crippen LogP contribution in [0.3, 0.4) is 0 Å². The summed E-state index contributed by atoms with van der Waals surface area (Å²) in [6.07, 6.45) is 2.20. The first-order valence-corrected chi connectivity index (χ1v) is 11.2. The molecule has 0 aromatic heterocycles. The fourth-order valence-electron chi connectivity index (χ4n) is 4.26. The van der Waals surface area contributed by atoms with Gasteiger partial charge in [-0.25, -0.2) is 15.2 Å². The number of rotatable bonds is 8. The van der Waals surface area contributed by atoms with Crippen LogP contribution in [0.1, 0.15) is 34.3 Å². The lowest BCUT2D eigenvalue weighted by atomic mass is 9.96. The highest BCUT2D eigenvalue weighted by Gasteiger charge is 2.28. The van der Waals surface area contributed by atoms with E-state index in [-0.39, 0.29) is 17.5 Å². The van der Waals surface area contributed by atoms with Crippen LogP contribution in [0.4, 0.5) is 0 Å². The predicted molar refractivity (Wildman–Crippen MR) is 121 cm³/mol. The molecule has 2 aromatic carbocycles. The molecule has 1 amide bonds. The summed E-state index contributed by atoms with van der Waals surface area (Å²) >= 11 is 0. The number of likely N-dealkylation sites (tertiary alicyclic amines) is 1.